The zero-order chi connectivity index (χ0) is 21.9. The Morgan fingerprint density at radius 2 is 2.13 bits per heavy atom. The average molecular weight is 428 g/mol. The third-order valence-corrected chi connectivity index (χ3v) is 5.68. The smallest absolute Gasteiger partial charge is 0.370 e. The minimum Gasteiger partial charge on any atom is -0.370 e. The molecule has 1 aromatic rings. The van der Waals surface area contributed by atoms with Crippen molar-refractivity contribution in [1.82, 2.24) is 4.90 Å². The first kappa shape index (κ1) is 22.5. The van der Waals surface area contributed by atoms with Crippen LogP contribution in [0, 0.1) is 5.92 Å². The van der Waals surface area contributed by atoms with Gasteiger partial charge < -0.3 is 20.7 Å². The number of ether oxygens (including phenoxy) is 1. The van der Waals surface area contributed by atoms with Crippen molar-refractivity contribution in [2.75, 3.05) is 50.1 Å². The first-order chi connectivity index (χ1) is 14.2. The van der Waals surface area contributed by atoms with E-state index >= 15 is 0 Å². The summed E-state index contributed by atoms with van der Waals surface area (Å²) in [5, 5.41) is 2.55. The Hall–Kier alpha value is -2.17. The number of carbonyl (C=O) groups is 2. The monoisotopic (exact) mass is 428 g/mol. The molecule has 2 amide bonds. The molecule has 3 N–H and O–H groups in total. The third kappa shape index (κ3) is 5.11. The van der Waals surface area contributed by atoms with Gasteiger partial charge in [0.05, 0.1) is 17.9 Å². The van der Waals surface area contributed by atoms with Gasteiger partial charge in [-0.3, -0.25) is 14.5 Å². The molecule has 7 nitrogen and oxygen atoms in total. The topological polar surface area (TPSA) is 87.9 Å². The molecule has 1 atom stereocenters. The molecule has 0 spiro atoms. The van der Waals surface area contributed by atoms with Gasteiger partial charge in [-0.2, -0.15) is 13.2 Å². The fraction of sp³-hybridized carbons (Fsp3) is 0.600. The molecule has 1 aliphatic heterocycles. The Bertz CT molecular complexity index is 783. The van der Waals surface area contributed by atoms with Crippen LogP contribution in [0.2, 0.25) is 0 Å². The van der Waals surface area contributed by atoms with E-state index in [1.165, 1.54) is 18.6 Å². The summed E-state index contributed by atoms with van der Waals surface area (Å²) in [4.78, 5) is 27.6. The van der Waals surface area contributed by atoms with Crippen LogP contribution in [0.15, 0.2) is 18.2 Å². The van der Waals surface area contributed by atoms with Crippen molar-refractivity contribution in [2.24, 2.45) is 11.7 Å². The van der Waals surface area contributed by atoms with Crippen molar-refractivity contribution in [3.63, 3.8) is 0 Å². The van der Waals surface area contributed by atoms with Gasteiger partial charge in [0.25, 0.3) is 5.91 Å². The number of hydrogen-bond donors (Lipinski definition) is 2. The lowest BCUT2D eigenvalue weighted by molar-refractivity contribution is -0.137. The number of morpholine rings is 1. The number of alkyl halides is 3. The molecular formula is C20H27F3N4O3. The van der Waals surface area contributed by atoms with Gasteiger partial charge in [-0.15, -0.1) is 0 Å². The van der Waals surface area contributed by atoms with Crippen LogP contribution in [0.5, 0.6) is 0 Å². The highest BCUT2D eigenvalue weighted by Crippen LogP contribution is 2.38. The summed E-state index contributed by atoms with van der Waals surface area (Å²) in [6.07, 6.45) is -1.29. The summed E-state index contributed by atoms with van der Waals surface area (Å²) in [6, 6.07) is 2.79. The van der Waals surface area contributed by atoms with Crippen LogP contribution in [0.1, 0.15) is 24.8 Å². The van der Waals surface area contributed by atoms with E-state index in [0.717, 1.165) is 30.4 Å². The van der Waals surface area contributed by atoms with E-state index in [0.29, 0.717) is 5.92 Å². The van der Waals surface area contributed by atoms with Gasteiger partial charge >= 0.3 is 6.18 Å². The van der Waals surface area contributed by atoms with Crippen molar-refractivity contribution in [3.8, 4) is 0 Å². The molecule has 1 saturated carbocycles. The second-order valence-electron chi connectivity index (χ2n) is 7.80. The highest BCUT2D eigenvalue weighted by Gasteiger charge is 2.37. The van der Waals surface area contributed by atoms with E-state index in [1.807, 2.05) is 4.90 Å². The van der Waals surface area contributed by atoms with E-state index in [4.69, 9.17) is 10.5 Å². The number of carbonyl (C=O) groups excluding carboxylic acids is 2. The molecule has 0 radical (unpaired) electrons. The summed E-state index contributed by atoms with van der Waals surface area (Å²) < 4.78 is 46.0. The number of nitrogens with two attached hydrogens (primary N) is 1. The van der Waals surface area contributed by atoms with E-state index < -0.39 is 29.6 Å². The van der Waals surface area contributed by atoms with Crippen LogP contribution in [-0.4, -0.2) is 62.7 Å². The summed E-state index contributed by atoms with van der Waals surface area (Å²) in [5.74, 6) is -0.467. The largest absolute Gasteiger partial charge is 0.418 e. The molecule has 2 aliphatic rings. The zero-order valence-electron chi connectivity index (χ0n) is 16.9. The lowest BCUT2D eigenvalue weighted by atomic mass is 9.85. The van der Waals surface area contributed by atoms with Crippen molar-refractivity contribution < 1.29 is 27.5 Å². The summed E-state index contributed by atoms with van der Waals surface area (Å²) in [5.41, 5.74) is 4.54. The number of nitrogens with zero attached hydrogens (tertiary/aromatic N) is 2. The van der Waals surface area contributed by atoms with Crippen LogP contribution in [-0.2, 0) is 20.5 Å². The van der Waals surface area contributed by atoms with Gasteiger partial charge in [-0.05, 0) is 44.0 Å². The predicted molar refractivity (Wildman–Crippen MR) is 106 cm³/mol. The second kappa shape index (κ2) is 9.32. The van der Waals surface area contributed by atoms with E-state index in [9.17, 15) is 22.8 Å². The molecular weight excluding hydrogens is 401 g/mol. The van der Waals surface area contributed by atoms with Crippen LogP contribution >= 0.6 is 0 Å². The van der Waals surface area contributed by atoms with Gasteiger partial charge in [0, 0.05) is 25.3 Å². The fourth-order valence-corrected chi connectivity index (χ4v) is 3.77. The van der Waals surface area contributed by atoms with E-state index in [-0.39, 0.29) is 37.7 Å². The highest BCUT2D eigenvalue weighted by atomic mass is 19.4. The number of rotatable bonds is 7. The van der Waals surface area contributed by atoms with Crippen molar-refractivity contribution in [1.29, 1.82) is 0 Å². The molecule has 2 fully saturated rings. The number of hydrogen-bond acceptors (Lipinski definition) is 5. The molecule has 1 saturated heterocycles. The van der Waals surface area contributed by atoms with Gasteiger partial charge in [-0.25, -0.2) is 0 Å². The lowest BCUT2D eigenvalue weighted by Crippen LogP contribution is -2.49. The Morgan fingerprint density at radius 1 is 1.40 bits per heavy atom. The number of halogens is 3. The molecule has 1 heterocycles. The van der Waals surface area contributed by atoms with Crippen LogP contribution in [0.25, 0.3) is 0 Å². The summed E-state index contributed by atoms with van der Waals surface area (Å²) >= 11 is 0. The maximum atomic E-state index is 13.7. The van der Waals surface area contributed by atoms with E-state index in [2.05, 4.69) is 5.32 Å². The predicted octanol–water partition coefficient (Wildman–Crippen LogP) is 2.07. The van der Waals surface area contributed by atoms with Gasteiger partial charge in [0.2, 0.25) is 5.91 Å². The van der Waals surface area contributed by atoms with Gasteiger partial charge in [0.15, 0.2) is 0 Å². The van der Waals surface area contributed by atoms with Crippen molar-refractivity contribution >= 4 is 23.2 Å². The third-order valence-electron chi connectivity index (χ3n) is 5.68. The molecule has 1 aromatic carbocycles. The Morgan fingerprint density at radius 3 is 2.70 bits per heavy atom. The maximum Gasteiger partial charge on any atom is 0.418 e. The highest BCUT2D eigenvalue weighted by molar-refractivity contribution is 5.98. The number of anilines is 2. The van der Waals surface area contributed by atoms with Crippen molar-refractivity contribution in [2.45, 2.75) is 31.5 Å². The van der Waals surface area contributed by atoms with Crippen LogP contribution < -0.4 is 16.0 Å². The minimum absolute atomic E-state index is 0.00674. The number of amides is 2. The molecule has 0 unspecified atom stereocenters. The van der Waals surface area contributed by atoms with Crippen molar-refractivity contribution in [3.05, 3.63) is 23.8 Å². The molecule has 3 rings (SSSR count). The standard InChI is InChI=1S/C20H27F3N4O3/c1-26(11-13-3-2-4-13)17(10-24)19(29)25-14-5-6-16(15(9-14)20(21,22)23)27-7-8-30-12-18(27)28/h5-6,9,13,17H,2-4,7-8,10-12,24H2,1H3,(H,25,29)/t17-/m1/s1. The quantitative estimate of drug-likeness (QED) is 0.694. The van der Waals surface area contributed by atoms with E-state index in [1.54, 1.807) is 7.05 Å². The average Bonchev–Trinajstić information content (AvgIpc) is 2.65. The van der Waals surface area contributed by atoms with Gasteiger partial charge in [-0.1, -0.05) is 6.42 Å². The Balaban J connectivity index is 1.78. The van der Waals surface area contributed by atoms with Crippen LogP contribution in [0.4, 0.5) is 24.5 Å². The normalized spacial score (nSPS) is 19.0. The summed E-state index contributed by atoms with van der Waals surface area (Å²) in [7, 11) is 1.80. The van der Waals surface area contributed by atoms with Gasteiger partial charge in [0.1, 0.15) is 12.6 Å². The molecule has 166 valence electrons. The molecule has 0 aromatic heterocycles. The maximum absolute atomic E-state index is 13.7. The second-order valence-corrected chi connectivity index (χ2v) is 7.80. The van der Waals surface area contributed by atoms with Crippen LogP contribution in [0.3, 0.4) is 0 Å². The Kier molecular flexibility index (Phi) is 6.99. The molecule has 30 heavy (non-hydrogen) atoms. The molecule has 1 aliphatic carbocycles. The summed E-state index contributed by atoms with van der Waals surface area (Å²) in [6.45, 7) is 0.714. The number of nitrogens with one attached hydrogen (secondary N) is 1. The number of likely N-dealkylation sites (N-methyl/N-ethyl adjacent to an activating group) is 1. The fourth-order valence-electron chi connectivity index (χ4n) is 3.77. The first-order valence-electron chi connectivity index (χ1n) is 10.0. The zero-order valence-corrected chi connectivity index (χ0v) is 16.9. The number of benzene rings is 1. The molecule has 0 bridgehead atoms. The first-order valence-corrected chi connectivity index (χ1v) is 10.0. The SMILES string of the molecule is CN(CC1CCC1)[C@H](CN)C(=O)Nc1ccc(N2CCOCC2=O)c(C(F)(F)F)c1. The Labute approximate surface area is 173 Å². The minimum atomic E-state index is -4.69. The lowest BCUT2D eigenvalue weighted by Gasteiger charge is -2.33. The molecule has 10 heteroatoms.